The molecular formula is C6H13N2O+. The third-order valence-electron chi connectivity index (χ3n) is 1.82. The molecule has 52 valence electrons. The van der Waals surface area contributed by atoms with Gasteiger partial charge in [-0.3, -0.25) is 0 Å². The first kappa shape index (κ1) is 6.55. The average molecular weight is 129 g/mol. The molecule has 1 aliphatic rings. The predicted molar refractivity (Wildman–Crippen MR) is 34.4 cm³/mol. The Morgan fingerprint density at radius 1 is 1.44 bits per heavy atom. The van der Waals surface area contributed by atoms with E-state index in [9.17, 15) is 0 Å². The molecule has 9 heavy (non-hydrogen) atoms. The lowest BCUT2D eigenvalue weighted by Gasteiger charge is -2.14. The fraction of sp³-hybridized carbons (Fsp3) is 0.833. The largest absolute Gasteiger partial charge is 0.411 e. The number of nitrogens with zero attached hydrogens (tertiary/aromatic N) is 1. The lowest BCUT2D eigenvalue weighted by Crippen LogP contribution is -2.61. The molecule has 0 amide bonds. The first-order valence-electron chi connectivity index (χ1n) is 3.36. The van der Waals surface area contributed by atoms with E-state index in [4.69, 9.17) is 5.21 Å². The van der Waals surface area contributed by atoms with Crippen LogP contribution in [0.1, 0.15) is 25.7 Å². The molecule has 3 heteroatoms. The highest BCUT2D eigenvalue weighted by Crippen LogP contribution is 2.12. The Labute approximate surface area is 54.5 Å². The van der Waals surface area contributed by atoms with Crippen molar-refractivity contribution < 1.29 is 10.9 Å². The minimum Gasteiger partial charge on any atom is -0.411 e. The molecule has 3 nitrogen and oxygen atoms in total. The fourth-order valence-electron chi connectivity index (χ4n) is 1.11. The van der Waals surface area contributed by atoms with E-state index in [2.05, 4.69) is 10.9 Å². The van der Waals surface area contributed by atoms with Crippen LogP contribution in [0, 0.1) is 0 Å². The van der Waals surface area contributed by atoms with Crippen molar-refractivity contribution in [3.05, 3.63) is 0 Å². The lowest BCUT2D eigenvalue weighted by molar-refractivity contribution is -0.423. The van der Waals surface area contributed by atoms with Crippen LogP contribution in [0.5, 0.6) is 0 Å². The molecule has 0 unspecified atom stereocenters. The molecule has 0 bridgehead atoms. The maximum Gasteiger partial charge on any atom is 0.0850 e. The number of quaternary nitrogens is 1. The van der Waals surface area contributed by atoms with E-state index < -0.39 is 0 Å². The molecule has 1 fully saturated rings. The highest BCUT2D eigenvalue weighted by molar-refractivity contribution is 5.84. The zero-order valence-electron chi connectivity index (χ0n) is 5.51. The molecule has 1 aliphatic carbocycles. The second-order valence-electron chi connectivity index (χ2n) is 2.61. The third kappa shape index (κ3) is 1.68. The summed E-state index contributed by atoms with van der Waals surface area (Å²) in [5.74, 6) is 0. The Morgan fingerprint density at radius 3 is 2.44 bits per heavy atom. The quantitative estimate of drug-likeness (QED) is 0.351. The number of rotatable bonds is 0. The summed E-state index contributed by atoms with van der Waals surface area (Å²) < 4.78 is 0. The van der Waals surface area contributed by atoms with Crippen molar-refractivity contribution in [3.63, 3.8) is 0 Å². The second-order valence-corrected chi connectivity index (χ2v) is 2.61. The van der Waals surface area contributed by atoms with Crippen LogP contribution in [-0.2, 0) is 0 Å². The maximum absolute atomic E-state index is 8.34. The average Bonchev–Trinajstić information content (AvgIpc) is 1.90. The minimum atomic E-state index is 0.579. The van der Waals surface area contributed by atoms with Gasteiger partial charge in [0.05, 0.1) is 11.8 Å². The molecule has 1 saturated carbocycles. The fourth-order valence-corrected chi connectivity index (χ4v) is 1.11. The number of oxime groups is 1. The van der Waals surface area contributed by atoms with Gasteiger partial charge in [-0.25, -0.2) is 0 Å². The van der Waals surface area contributed by atoms with Crippen molar-refractivity contribution in [3.8, 4) is 0 Å². The van der Waals surface area contributed by atoms with Crippen LogP contribution >= 0.6 is 0 Å². The summed E-state index contributed by atoms with van der Waals surface area (Å²) in [5.41, 5.74) is 4.87. The van der Waals surface area contributed by atoms with Crippen LogP contribution in [0.15, 0.2) is 5.16 Å². The van der Waals surface area contributed by atoms with Gasteiger partial charge in [0, 0.05) is 12.8 Å². The van der Waals surface area contributed by atoms with E-state index >= 15 is 0 Å². The van der Waals surface area contributed by atoms with E-state index in [0.29, 0.717) is 6.04 Å². The lowest BCUT2D eigenvalue weighted by atomic mass is 9.95. The van der Waals surface area contributed by atoms with Gasteiger partial charge in [-0.05, 0) is 12.8 Å². The molecule has 0 aromatic rings. The Kier molecular flexibility index (Phi) is 2.05. The highest BCUT2D eigenvalue weighted by atomic mass is 16.4. The van der Waals surface area contributed by atoms with Gasteiger partial charge in [0.15, 0.2) is 0 Å². The standard InChI is InChI=1S/C6H12N2O/c7-5-1-3-6(8-9)4-2-5/h5,9H,1-4,7H2/p+1. The summed E-state index contributed by atoms with van der Waals surface area (Å²) in [6.45, 7) is 0. The van der Waals surface area contributed by atoms with E-state index in [0.717, 1.165) is 31.4 Å². The molecular weight excluding hydrogens is 116 g/mol. The first-order chi connectivity index (χ1) is 4.33. The van der Waals surface area contributed by atoms with Crippen LogP contribution in [0.2, 0.25) is 0 Å². The smallest absolute Gasteiger partial charge is 0.0850 e. The Hall–Kier alpha value is -0.570. The molecule has 0 atom stereocenters. The van der Waals surface area contributed by atoms with Crippen LogP contribution in [0.4, 0.5) is 0 Å². The number of hydrogen-bond donors (Lipinski definition) is 2. The highest BCUT2D eigenvalue weighted by Gasteiger charge is 2.15. The second kappa shape index (κ2) is 2.82. The predicted octanol–water partition coefficient (Wildman–Crippen LogP) is 0.00110. The normalized spacial score (nSPS) is 28.1. The van der Waals surface area contributed by atoms with Crippen LogP contribution in [0.3, 0.4) is 0 Å². The van der Waals surface area contributed by atoms with Crippen molar-refractivity contribution in [2.24, 2.45) is 5.16 Å². The molecule has 4 N–H and O–H groups in total. The van der Waals surface area contributed by atoms with Crippen molar-refractivity contribution in [2.45, 2.75) is 31.7 Å². The van der Waals surface area contributed by atoms with Gasteiger partial charge in [0.25, 0.3) is 0 Å². The van der Waals surface area contributed by atoms with E-state index in [1.165, 1.54) is 0 Å². The molecule has 0 saturated heterocycles. The summed E-state index contributed by atoms with van der Waals surface area (Å²) >= 11 is 0. The molecule has 1 rings (SSSR count). The van der Waals surface area contributed by atoms with Gasteiger partial charge in [-0.1, -0.05) is 5.16 Å². The van der Waals surface area contributed by atoms with E-state index in [1.54, 1.807) is 0 Å². The molecule has 0 radical (unpaired) electrons. The maximum atomic E-state index is 8.34. The topological polar surface area (TPSA) is 60.2 Å². The summed E-state index contributed by atoms with van der Waals surface area (Å²) in [6.07, 6.45) is 4.04. The summed E-state index contributed by atoms with van der Waals surface area (Å²) in [6, 6.07) is 0.579. The minimum absolute atomic E-state index is 0.579. The van der Waals surface area contributed by atoms with Crippen molar-refractivity contribution in [1.82, 2.24) is 0 Å². The van der Waals surface area contributed by atoms with Crippen molar-refractivity contribution >= 4 is 5.71 Å². The molecule has 0 spiro atoms. The monoisotopic (exact) mass is 129 g/mol. The van der Waals surface area contributed by atoms with E-state index in [-0.39, 0.29) is 0 Å². The van der Waals surface area contributed by atoms with Gasteiger partial charge < -0.3 is 10.9 Å². The first-order valence-corrected chi connectivity index (χ1v) is 3.36. The zero-order valence-corrected chi connectivity index (χ0v) is 5.51. The summed E-state index contributed by atoms with van der Waals surface area (Å²) in [7, 11) is 0. The van der Waals surface area contributed by atoms with Gasteiger partial charge >= 0.3 is 0 Å². The summed E-state index contributed by atoms with van der Waals surface area (Å²) in [4.78, 5) is 0. The van der Waals surface area contributed by atoms with Crippen LogP contribution < -0.4 is 5.73 Å². The number of hydrogen-bond acceptors (Lipinski definition) is 2. The molecule has 0 aliphatic heterocycles. The summed E-state index contributed by atoms with van der Waals surface area (Å²) in [5, 5.41) is 11.5. The Bertz CT molecular complexity index is 112. The van der Waals surface area contributed by atoms with Gasteiger partial charge in [-0.15, -0.1) is 0 Å². The third-order valence-corrected chi connectivity index (χ3v) is 1.82. The molecule has 0 aromatic carbocycles. The van der Waals surface area contributed by atoms with E-state index in [1.807, 2.05) is 0 Å². The van der Waals surface area contributed by atoms with Crippen LogP contribution in [0.25, 0.3) is 0 Å². The Morgan fingerprint density at radius 2 is 2.00 bits per heavy atom. The van der Waals surface area contributed by atoms with Crippen molar-refractivity contribution in [2.75, 3.05) is 0 Å². The van der Waals surface area contributed by atoms with Gasteiger partial charge in [0.2, 0.25) is 0 Å². The molecule has 0 aromatic heterocycles. The molecule has 0 heterocycles. The van der Waals surface area contributed by atoms with Gasteiger partial charge in [0.1, 0.15) is 0 Å². The Balaban J connectivity index is 2.35. The van der Waals surface area contributed by atoms with Crippen LogP contribution in [-0.4, -0.2) is 17.0 Å². The SMILES string of the molecule is [NH3+]C1CCC(=NO)CC1. The van der Waals surface area contributed by atoms with Gasteiger partial charge in [-0.2, -0.15) is 0 Å². The van der Waals surface area contributed by atoms with Crippen molar-refractivity contribution in [1.29, 1.82) is 0 Å². The zero-order chi connectivity index (χ0) is 6.69.